The molecule has 0 aliphatic carbocycles. The number of amides is 1. The number of carbonyl (C=O) groups is 1. The van der Waals surface area contributed by atoms with Gasteiger partial charge in [-0.2, -0.15) is 5.10 Å². The molecule has 2 aromatic rings. The van der Waals surface area contributed by atoms with Gasteiger partial charge < -0.3 is 14.6 Å². The van der Waals surface area contributed by atoms with Crippen molar-refractivity contribution in [3.05, 3.63) is 36.3 Å². The van der Waals surface area contributed by atoms with Crippen molar-refractivity contribution in [3.8, 4) is 5.82 Å². The molecule has 0 spiro atoms. The minimum absolute atomic E-state index is 0.0798. The molecule has 26 heavy (non-hydrogen) atoms. The lowest BCUT2D eigenvalue weighted by Gasteiger charge is -2.35. The molecule has 1 atom stereocenters. The molecule has 1 amide bonds. The second-order valence-electron chi connectivity index (χ2n) is 7.24. The number of morpholine rings is 1. The van der Waals surface area contributed by atoms with Crippen LogP contribution in [-0.2, 0) is 11.8 Å². The number of rotatable bonds is 7. The van der Waals surface area contributed by atoms with E-state index in [1.54, 1.807) is 10.9 Å². The molecule has 3 rings (SSSR count). The summed E-state index contributed by atoms with van der Waals surface area (Å²) >= 11 is 0. The largest absolute Gasteiger partial charge is 0.379 e. The third kappa shape index (κ3) is 4.34. The summed E-state index contributed by atoms with van der Waals surface area (Å²) < 4.78 is 9.10. The second kappa shape index (κ2) is 8.51. The Morgan fingerprint density at radius 1 is 1.27 bits per heavy atom. The van der Waals surface area contributed by atoms with Gasteiger partial charge in [0, 0.05) is 45.1 Å². The first-order chi connectivity index (χ1) is 12.6. The van der Waals surface area contributed by atoms with Crippen LogP contribution in [0.2, 0.25) is 0 Å². The molecule has 1 saturated heterocycles. The Labute approximate surface area is 154 Å². The standard InChI is InChI=1S/C19H29N5O2/c1-15(2)12-16(23-8-10-26-11-9-23)13-20-18(25)17-14-21-22(3)19(17)24-6-4-5-7-24/h4-7,14-16H,8-13H2,1-3H3,(H,20,25). The molecule has 7 heteroatoms. The van der Waals surface area contributed by atoms with Gasteiger partial charge in [-0.25, -0.2) is 0 Å². The molecule has 1 aliphatic heterocycles. The van der Waals surface area contributed by atoms with Gasteiger partial charge >= 0.3 is 0 Å². The fourth-order valence-electron chi connectivity index (χ4n) is 3.53. The summed E-state index contributed by atoms with van der Waals surface area (Å²) in [5, 5.41) is 7.40. The van der Waals surface area contributed by atoms with Gasteiger partial charge in [0.1, 0.15) is 11.4 Å². The van der Waals surface area contributed by atoms with Crippen molar-refractivity contribution in [1.82, 2.24) is 24.6 Å². The van der Waals surface area contributed by atoms with Crippen LogP contribution in [0.15, 0.2) is 30.7 Å². The monoisotopic (exact) mass is 359 g/mol. The maximum Gasteiger partial charge on any atom is 0.256 e. The minimum atomic E-state index is -0.0798. The molecule has 7 nitrogen and oxygen atoms in total. The van der Waals surface area contributed by atoms with E-state index in [9.17, 15) is 4.79 Å². The third-order valence-corrected chi connectivity index (χ3v) is 4.80. The zero-order valence-electron chi connectivity index (χ0n) is 15.9. The number of nitrogens with one attached hydrogen (secondary N) is 1. The van der Waals surface area contributed by atoms with E-state index in [1.165, 1.54) is 0 Å². The molecule has 1 aliphatic rings. The normalized spacial score (nSPS) is 16.8. The van der Waals surface area contributed by atoms with Gasteiger partial charge in [0.15, 0.2) is 0 Å². The predicted octanol–water partition coefficient (Wildman–Crippen LogP) is 1.69. The summed E-state index contributed by atoms with van der Waals surface area (Å²) in [4.78, 5) is 15.3. The highest BCUT2D eigenvalue weighted by atomic mass is 16.5. The van der Waals surface area contributed by atoms with Crippen LogP contribution in [0.25, 0.3) is 5.82 Å². The van der Waals surface area contributed by atoms with Gasteiger partial charge in [-0.1, -0.05) is 13.8 Å². The number of nitrogens with zero attached hydrogens (tertiary/aromatic N) is 4. The van der Waals surface area contributed by atoms with Gasteiger partial charge in [-0.15, -0.1) is 0 Å². The SMILES string of the molecule is CC(C)CC(CNC(=O)c1cnn(C)c1-n1cccc1)N1CCOCC1. The van der Waals surface area contributed by atoms with Crippen molar-refractivity contribution >= 4 is 5.91 Å². The van der Waals surface area contributed by atoms with Crippen molar-refractivity contribution in [2.75, 3.05) is 32.8 Å². The molecule has 0 bridgehead atoms. The van der Waals surface area contributed by atoms with Crippen LogP contribution in [0, 0.1) is 5.92 Å². The van der Waals surface area contributed by atoms with Crippen LogP contribution in [0.5, 0.6) is 0 Å². The lowest BCUT2D eigenvalue weighted by atomic mass is 10.0. The highest BCUT2D eigenvalue weighted by molar-refractivity contribution is 5.97. The minimum Gasteiger partial charge on any atom is -0.379 e. The first-order valence-corrected chi connectivity index (χ1v) is 9.31. The fraction of sp³-hybridized carbons (Fsp3) is 0.579. The lowest BCUT2D eigenvalue weighted by Crippen LogP contribution is -2.49. The third-order valence-electron chi connectivity index (χ3n) is 4.80. The van der Waals surface area contributed by atoms with Crippen LogP contribution < -0.4 is 5.32 Å². The summed E-state index contributed by atoms with van der Waals surface area (Å²) in [5.74, 6) is 1.27. The quantitative estimate of drug-likeness (QED) is 0.817. The summed E-state index contributed by atoms with van der Waals surface area (Å²) in [6, 6.07) is 4.20. The Bertz CT molecular complexity index is 702. The maximum absolute atomic E-state index is 12.8. The fourth-order valence-corrected chi connectivity index (χ4v) is 3.53. The van der Waals surface area contributed by atoms with Crippen molar-refractivity contribution in [1.29, 1.82) is 0 Å². The van der Waals surface area contributed by atoms with Crippen LogP contribution in [0.1, 0.15) is 30.6 Å². The molecule has 1 fully saturated rings. The number of hydrogen-bond donors (Lipinski definition) is 1. The van der Waals surface area contributed by atoms with Gasteiger partial charge in [0.05, 0.1) is 19.4 Å². The summed E-state index contributed by atoms with van der Waals surface area (Å²) in [7, 11) is 1.85. The summed E-state index contributed by atoms with van der Waals surface area (Å²) in [6.45, 7) is 8.47. The Kier molecular flexibility index (Phi) is 6.11. The molecular weight excluding hydrogens is 330 g/mol. The Morgan fingerprint density at radius 3 is 2.62 bits per heavy atom. The number of hydrogen-bond acceptors (Lipinski definition) is 4. The van der Waals surface area contributed by atoms with Crippen LogP contribution in [-0.4, -0.2) is 64.0 Å². The second-order valence-corrected chi connectivity index (χ2v) is 7.24. The van der Waals surface area contributed by atoms with Crippen LogP contribution in [0.3, 0.4) is 0 Å². The topological polar surface area (TPSA) is 64.3 Å². The molecular formula is C19H29N5O2. The number of ether oxygens (including phenoxy) is 1. The lowest BCUT2D eigenvalue weighted by molar-refractivity contribution is 0.0124. The molecule has 0 radical (unpaired) electrons. The molecule has 1 N–H and O–H groups in total. The molecule has 1 unspecified atom stereocenters. The van der Waals surface area contributed by atoms with E-state index in [-0.39, 0.29) is 5.91 Å². The molecule has 0 aromatic carbocycles. The Morgan fingerprint density at radius 2 is 1.96 bits per heavy atom. The molecule has 142 valence electrons. The highest BCUT2D eigenvalue weighted by Crippen LogP contribution is 2.16. The van der Waals surface area contributed by atoms with Crippen LogP contribution >= 0.6 is 0 Å². The first-order valence-electron chi connectivity index (χ1n) is 9.31. The Hall–Kier alpha value is -2.12. The van der Waals surface area contributed by atoms with Gasteiger partial charge in [-0.3, -0.25) is 14.4 Å². The van der Waals surface area contributed by atoms with E-state index < -0.39 is 0 Å². The van der Waals surface area contributed by atoms with Gasteiger partial charge in [0.25, 0.3) is 5.91 Å². The van der Waals surface area contributed by atoms with Crippen molar-refractivity contribution < 1.29 is 9.53 Å². The zero-order valence-corrected chi connectivity index (χ0v) is 15.9. The average molecular weight is 359 g/mol. The van der Waals surface area contributed by atoms with Crippen molar-refractivity contribution in [2.45, 2.75) is 26.3 Å². The van der Waals surface area contributed by atoms with Gasteiger partial charge in [-0.05, 0) is 24.5 Å². The molecule has 3 heterocycles. The zero-order chi connectivity index (χ0) is 18.5. The van der Waals surface area contributed by atoms with Gasteiger partial charge in [0.2, 0.25) is 0 Å². The highest BCUT2D eigenvalue weighted by Gasteiger charge is 2.24. The van der Waals surface area contributed by atoms with E-state index >= 15 is 0 Å². The van der Waals surface area contributed by atoms with Crippen molar-refractivity contribution in [2.24, 2.45) is 13.0 Å². The summed E-state index contributed by atoms with van der Waals surface area (Å²) in [6.07, 6.45) is 6.53. The van der Waals surface area contributed by atoms with E-state index in [2.05, 4.69) is 29.2 Å². The molecule has 0 saturated carbocycles. The van der Waals surface area contributed by atoms with E-state index in [0.29, 0.717) is 24.1 Å². The average Bonchev–Trinajstić information content (AvgIpc) is 3.28. The predicted molar refractivity (Wildman–Crippen MR) is 101 cm³/mol. The number of aromatic nitrogens is 3. The first kappa shape index (κ1) is 18.7. The van der Waals surface area contributed by atoms with E-state index in [1.807, 2.05) is 36.1 Å². The summed E-state index contributed by atoms with van der Waals surface area (Å²) in [5.41, 5.74) is 0.592. The van der Waals surface area contributed by atoms with E-state index in [0.717, 1.165) is 38.5 Å². The van der Waals surface area contributed by atoms with E-state index in [4.69, 9.17) is 4.74 Å². The van der Waals surface area contributed by atoms with Crippen molar-refractivity contribution in [3.63, 3.8) is 0 Å². The molecule has 2 aromatic heterocycles. The number of aryl methyl sites for hydroxylation is 1. The van der Waals surface area contributed by atoms with Crippen LogP contribution in [0.4, 0.5) is 0 Å². The Balaban J connectivity index is 1.69. The smallest absolute Gasteiger partial charge is 0.256 e. The maximum atomic E-state index is 12.8. The number of carbonyl (C=O) groups excluding carboxylic acids is 1.